The van der Waals surface area contributed by atoms with Crippen LogP contribution in [0.25, 0.3) is 0 Å². The highest BCUT2D eigenvalue weighted by molar-refractivity contribution is 5.22. The maximum Gasteiger partial charge on any atom is 0.0920 e. The predicted octanol–water partition coefficient (Wildman–Crippen LogP) is 3.02. The van der Waals surface area contributed by atoms with Crippen LogP contribution in [0.4, 0.5) is 0 Å². The smallest absolute Gasteiger partial charge is 0.0920 e. The molecule has 96 valence electrons. The van der Waals surface area contributed by atoms with Crippen molar-refractivity contribution in [3.63, 3.8) is 0 Å². The van der Waals surface area contributed by atoms with E-state index in [4.69, 9.17) is 0 Å². The molecule has 0 bridgehead atoms. The highest BCUT2D eigenvalue weighted by Gasteiger charge is 2.33. The Bertz CT molecular complexity index is 302. The molecule has 1 aromatic rings. The molecule has 0 spiro atoms. The van der Waals surface area contributed by atoms with E-state index in [1.165, 1.54) is 0 Å². The third-order valence-corrected chi connectivity index (χ3v) is 3.44. The Balaban J connectivity index is 0.000000686. The van der Waals surface area contributed by atoms with E-state index >= 15 is 0 Å². The van der Waals surface area contributed by atoms with Gasteiger partial charge in [0.2, 0.25) is 0 Å². The zero-order valence-electron chi connectivity index (χ0n) is 11.3. The van der Waals surface area contributed by atoms with Gasteiger partial charge in [-0.15, -0.1) is 0 Å². The first kappa shape index (κ1) is 14.2. The molecule has 17 heavy (non-hydrogen) atoms. The van der Waals surface area contributed by atoms with Crippen molar-refractivity contribution in [1.82, 2.24) is 4.90 Å². The van der Waals surface area contributed by atoms with Gasteiger partial charge >= 0.3 is 0 Å². The summed E-state index contributed by atoms with van der Waals surface area (Å²) in [6, 6.07) is 10.1. The first-order chi connectivity index (χ1) is 8.24. The normalized spacial score (nSPS) is 19.3. The molecule has 2 heteroatoms. The molecule has 1 aromatic carbocycles. The standard InChI is InChI=1S/C13H19NO.C2H6/c1-2-14-10-8-13(15,9-11-14)12-6-4-3-5-7-12;1-2/h3-7,15H,2,8-11H2,1H3;1-2H3. The molecule has 1 aliphatic rings. The lowest BCUT2D eigenvalue weighted by Gasteiger charge is -2.38. The van der Waals surface area contributed by atoms with Crippen LogP contribution in [0.1, 0.15) is 39.2 Å². The molecule has 0 amide bonds. The molecule has 0 saturated carbocycles. The van der Waals surface area contributed by atoms with E-state index in [1.807, 2.05) is 44.2 Å². The maximum absolute atomic E-state index is 10.5. The molecule has 2 rings (SSSR count). The van der Waals surface area contributed by atoms with Gasteiger partial charge in [-0.05, 0) is 24.9 Å². The number of hydrogen-bond donors (Lipinski definition) is 1. The molecule has 1 heterocycles. The Morgan fingerprint density at radius 1 is 1.12 bits per heavy atom. The van der Waals surface area contributed by atoms with Gasteiger partial charge in [0.25, 0.3) is 0 Å². The van der Waals surface area contributed by atoms with Crippen molar-refractivity contribution in [3.8, 4) is 0 Å². The van der Waals surface area contributed by atoms with Crippen LogP contribution in [0.5, 0.6) is 0 Å². The molecular formula is C15H25NO. The average molecular weight is 235 g/mol. The van der Waals surface area contributed by atoms with Crippen LogP contribution in [0, 0.1) is 0 Å². The van der Waals surface area contributed by atoms with Gasteiger partial charge in [0.05, 0.1) is 5.60 Å². The van der Waals surface area contributed by atoms with Crippen LogP contribution in [-0.2, 0) is 5.60 Å². The molecule has 1 saturated heterocycles. The number of rotatable bonds is 2. The fraction of sp³-hybridized carbons (Fsp3) is 0.600. The molecule has 0 atom stereocenters. The second kappa shape index (κ2) is 6.77. The summed E-state index contributed by atoms with van der Waals surface area (Å²) < 4.78 is 0. The van der Waals surface area contributed by atoms with Crippen LogP contribution in [0.3, 0.4) is 0 Å². The minimum atomic E-state index is -0.590. The van der Waals surface area contributed by atoms with Crippen molar-refractivity contribution in [2.24, 2.45) is 0 Å². The van der Waals surface area contributed by atoms with Gasteiger partial charge < -0.3 is 10.0 Å². The highest BCUT2D eigenvalue weighted by Crippen LogP contribution is 2.32. The summed E-state index contributed by atoms with van der Waals surface area (Å²) in [4.78, 5) is 2.39. The fourth-order valence-corrected chi connectivity index (χ4v) is 2.28. The Hall–Kier alpha value is -0.860. The summed E-state index contributed by atoms with van der Waals surface area (Å²) in [5.41, 5.74) is 0.480. The van der Waals surface area contributed by atoms with Crippen LogP contribution >= 0.6 is 0 Å². The third kappa shape index (κ3) is 3.55. The van der Waals surface area contributed by atoms with Gasteiger partial charge in [-0.2, -0.15) is 0 Å². The quantitative estimate of drug-likeness (QED) is 0.851. The van der Waals surface area contributed by atoms with Crippen LogP contribution in [0.2, 0.25) is 0 Å². The number of aliphatic hydroxyl groups is 1. The fourth-order valence-electron chi connectivity index (χ4n) is 2.28. The number of hydrogen-bond acceptors (Lipinski definition) is 2. The van der Waals surface area contributed by atoms with Crippen molar-refractivity contribution < 1.29 is 5.11 Å². The summed E-state index contributed by atoms with van der Waals surface area (Å²) in [6.07, 6.45) is 1.70. The van der Waals surface area contributed by atoms with Crippen molar-refractivity contribution in [2.75, 3.05) is 19.6 Å². The zero-order chi connectivity index (χ0) is 12.7. The van der Waals surface area contributed by atoms with Gasteiger partial charge in [0.1, 0.15) is 0 Å². The van der Waals surface area contributed by atoms with Crippen molar-refractivity contribution in [1.29, 1.82) is 0 Å². The topological polar surface area (TPSA) is 23.5 Å². The summed E-state index contributed by atoms with van der Waals surface area (Å²) in [7, 11) is 0. The molecular weight excluding hydrogens is 210 g/mol. The Labute approximate surface area is 105 Å². The van der Waals surface area contributed by atoms with Crippen molar-refractivity contribution >= 4 is 0 Å². The van der Waals surface area contributed by atoms with Gasteiger partial charge in [-0.25, -0.2) is 0 Å². The van der Waals surface area contributed by atoms with Crippen molar-refractivity contribution in [3.05, 3.63) is 35.9 Å². The molecule has 0 aliphatic carbocycles. The van der Waals surface area contributed by atoms with Gasteiger partial charge in [0, 0.05) is 13.1 Å². The van der Waals surface area contributed by atoms with E-state index in [9.17, 15) is 5.11 Å². The molecule has 1 N–H and O–H groups in total. The number of piperidine rings is 1. The van der Waals surface area contributed by atoms with E-state index in [0.717, 1.165) is 38.0 Å². The SMILES string of the molecule is CC.CCN1CCC(O)(c2ccccc2)CC1. The molecule has 2 nitrogen and oxygen atoms in total. The van der Waals surface area contributed by atoms with E-state index < -0.39 is 5.60 Å². The second-order valence-electron chi connectivity index (χ2n) is 4.33. The molecule has 0 unspecified atom stereocenters. The van der Waals surface area contributed by atoms with Gasteiger partial charge in [-0.1, -0.05) is 51.1 Å². The predicted molar refractivity (Wildman–Crippen MR) is 73.0 cm³/mol. The lowest BCUT2D eigenvalue weighted by Crippen LogP contribution is -2.42. The van der Waals surface area contributed by atoms with E-state index in [2.05, 4.69) is 11.8 Å². The highest BCUT2D eigenvalue weighted by atomic mass is 16.3. The molecule has 0 radical (unpaired) electrons. The van der Waals surface area contributed by atoms with E-state index in [1.54, 1.807) is 0 Å². The summed E-state index contributed by atoms with van der Waals surface area (Å²) in [5, 5.41) is 10.5. The average Bonchev–Trinajstić information content (AvgIpc) is 2.43. The maximum atomic E-state index is 10.5. The largest absolute Gasteiger partial charge is 0.385 e. The summed E-state index contributed by atoms with van der Waals surface area (Å²) >= 11 is 0. The Kier molecular flexibility index (Phi) is 5.66. The zero-order valence-corrected chi connectivity index (χ0v) is 11.3. The third-order valence-electron chi connectivity index (χ3n) is 3.44. The monoisotopic (exact) mass is 235 g/mol. The first-order valence-electron chi connectivity index (χ1n) is 6.75. The number of benzene rings is 1. The lowest BCUT2D eigenvalue weighted by molar-refractivity contribution is -0.0246. The number of nitrogens with zero attached hydrogens (tertiary/aromatic N) is 1. The number of likely N-dealkylation sites (tertiary alicyclic amines) is 1. The second-order valence-corrected chi connectivity index (χ2v) is 4.33. The van der Waals surface area contributed by atoms with Crippen LogP contribution < -0.4 is 0 Å². The molecule has 1 fully saturated rings. The van der Waals surface area contributed by atoms with E-state index in [-0.39, 0.29) is 0 Å². The van der Waals surface area contributed by atoms with E-state index in [0.29, 0.717) is 0 Å². The first-order valence-corrected chi connectivity index (χ1v) is 6.75. The Morgan fingerprint density at radius 2 is 1.65 bits per heavy atom. The van der Waals surface area contributed by atoms with Crippen molar-refractivity contribution in [2.45, 2.75) is 39.2 Å². The van der Waals surface area contributed by atoms with Gasteiger partial charge in [-0.3, -0.25) is 0 Å². The minimum Gasteiger partial charge on any atom is -0.385 e. The lowest BCUT2D eigenvalue weighted by atomic mass is 9.84. The Morgan fingerprint density at radius 3 is 2.12 bits per heavy atom. The minimum absolute atomic E-state index is 0.590. The summed E-state index contributed by atoms with van der Waals surface area (Å²) in [5.74, 6) is 0. The van der Waals surface area contributed by atoms with Crippen LogP contribution in [0.15, 0.2) is 30.3 Å². The van der Waals surface area contributed by atoms with Gasteiger partial charge in [0.15, 0.2) is 0 Å². The molecule has 1 aliphatic heterocycles. The summed E-state index contributed by atoms with van der Waals surface area (Å²) in [6.45, 7) is 9.27. The molecule has 0 aromatic heterocycles. The van der Waals surface area contributed by atoms with Crippen LogP contribution in [-0.4, -0.2) is 29.6 Å².